The first kappa shape index (κ1) is 15.9. The first-order chi connectivity index (χ1) is 9.21. The van der Waals surface area contributed by atoms with Crippen LogP contribution >= 0.6 is 11.8 Å². The van der Waals surface area contributed by atoms with Crippen molar-refractivity contribution in [3.63, 3.8) is 0 Å². The predicted molar refractivity (Wildman–Crippen MR) is 78.8 cm³/mol. The molecule has 1 aromatic rings. The second-order valence-electron chi connectivity index (χ2n) is 3.94. The van der Waals surface area contributed by atoms with E-state index in [2.05, 4.69) is 11.4 Å². The molecule has 0 saturated carbocycles. The topological polar surface area (TPSA) is 47.6 Å². The van der Waals surface area contributed by atoms with Crippen LogP contribution in [0.3, 0.4) is 0 Å². The number of hydrogen-bond acceptors (Lipinski definition) is 5. The third kappa shape index (κ3) is 5.53. The van der Waals surface area contributed by atoms with Crippen LogP contribution in [0.1, 0.15) is 18.5 Å². The highest BCUT2D eigenvalue weighted by Gasteiger charge is 2.11. The Morgan fingerprint density at radius 1 is 1.47 bits per heavy atom. The summed E-state index contributed by atoms with van der Waals surface area (Å²) in [6.45, 7) is 2.25. The molecular weight excluding hydrogens is 262 g/mol. The number of carbonyl (C=O) groups excluding carboxylic acids is 1. The molecule has 4 nitrogen and oxygen atoms in total. The molecule has 1 unspecified atom stereocenters. The van der Waals surface area contributed by atoms with E-state index in [-0.39, 0.29) is 12.0 Å². The Labute approximate surface area is 118 Å². The van der Waals surface area contributed by atoms with E-state index in [1.807, 2.05) is 32.2 Å². The van der Waals surface area contributed by atoms with Crippen LogP contribution in [0, 0.1) is 0 Å². The molecule has 0 aliphatic carbocycles. The predicted octanol–water partition coefficient (Wildman–Crippen LogP) is 2.25. The van der Waals surface area contributed by atoms with E-state index in [0.29, 0.717) is 12.4 Å². The molecule has 1 aromatic carbocycles. The first-order valence-electron chi connectivity index (χ1n) is 6.25. The molecule has 0 saturated heterocycles. The van der Waals surface area contributed by atoms with Gasteiger partial charge in [0.05, 0.1) is 19.5 Å². The van der Waals surface area contributed by atoms with E-state index in [4.69, 9.17) is 9.47 Å². The normalized spacial score (nSPS) is 11.9. The van der Waals surface area contributed by atoms with Crippen molar-refractivity contribution >= 4 is 17.7 Å². The summed E-state index contributed by atoms with van der Waals surface area (Å²) in [5.74, 6) is 1.87. The van der Waals surface area contributed by atoms with Crippen molar-refractivity contribution in [1.29, 1.82) is 0 Å². The lowest BCUT2D eigenvalue weighted by atomic mass is 10.1. The van der Waals surface area contributed by atoms with Gasteiger partial charge in [-0.3, -0.25) is 4.79 Å². The van der Waals surface area contributed by atoms with Gasteiger partial charge in [-0.15, -0.1) is 11.8 Å². The standard InChI is InChI=1S/C14H21NO3S/c1-4-18-14(16)10-19-9-13(15-2)11-6-5-7-12(8-11)17-3/h5-8,13,15H,4,9-10H2,1-3H3. The van der Waals surface area contributed by atoms with E-state index in [1.165, 1.54) is 0 Å². The minimum atomic E-state index is -0.159. The van der Waals surface area contributed by atoms with Crippen molar-refractivity contribution in [3.8, 4) is 5.75 Å². The molecule has 19 heavy (non-hydrogen) atoms. The second-order valence-corrected chi connectivity index (χ2v) is 4.97. The zero-order valence-corrected chi connectivity index (χ0v) is 12.5. The number of esters is 1. The quantitative estimate of drug-likeness (QED) is 0.742. The third-order valence-electron chi connectivity index (χ3n) is 2.65. The van der Waals surface area contributed by atoms with Gasteiger partial charge in [-0.05, 0) is 31.7 Å². The van der Waals surface area contributed by atoms with Crippen LogP contribution in [0.2, 0.25) is 0 Å². The van der Waals surface area contributed by atoms with Crippen molar-refractivity contribution in [1.82, 2.24) is 5.32 Å². The van der Waals surface area contributed by atoms with Crippen LogP contribution < -0.4 is 10.1 Å². The Morgan fingerprint density at radius 3 is 2.89 bits per heavy atom. The Kier molecular flexibility index (Phi) is 7.36. The van der Waals surface area contributed by atoms with Crippen LogP contribution in [0.4, 0.5) is 0 Å². The van der Waals surface area contributed by atoms with Gasteiger partial charge in [0.1, 0.15) is 5.75 Å². The fourth-order valence-corrected chi connectivity index (χ4v) is 2.63. The van der Waals surface area contributed by atoms with Gasteiger partial charge in [0.25, 0.3) is 0 Å². The summed E-state index contributed by atoms with van der Waals surface area (Å²) < 4.78 is 10.1. The molecular formula is C14H21NO3S. The lowest BCUT2D eigenvalue weighted by Crippen LogP contribution is -2.19. The van der Waals surface area contributed by atoms with E-state index in [1.54, 1.807) is 18.9 Å². The number of rotatable bonds is 8. The van der Waals surface area contributed by atoms with Crippen molar-refractivity contribution in [2.45, 2.75) is 13.0 Å². The molecule has 0 radical (unpaired) electrons. The Morgan fingerprint density at radius 2 is 2.26 bits per heavy atom. The van der Waals surface area contributed by atoms with E-state index >= 15 is 0 Å². The highest BCUT2D eigenvalue weighted by atomic mass is 32.2. The van der Waals surface area contributed by atoms with Crippen LogP contribution in [0.15, 0.2) is 24.3 Å². The summed E-state index contributed by atoms with van der Waals surface area (Å²) >= 11 is 1.56. The number of thioether (sulfide) groups is 1. The van der Waals surface area contributed by atoms with E-state index < -0.39 is 0 Å². The summed E-state index contributed by atoms with van der Waals surface area (Å²) in [6.07, 6.45) is 0. The van der Waals surface area contributed by atoms with Crippen molar-refractivity contribution in [2.75, 3.05) is 32.3 Å². The van der Waals surface area contributed by atoms with Gasteiger partial charge in [-0.2, -0.15) is 0 Å². The van der Waals surface area contributed by atoms with Crippen molar-refractivity contribution in [3.05, 3.63) is 29.8 Å². The van der Waals surface area contributed by atoms with E-state index in [0.717, 1.165) is 17.1 Å². The molecule has 0 spiro atoms. The highest BCUT2D eigenvalue weighted by molar-refractivity contribution is 7.99. The Bertz CT molecular complexity index is 398. The average Bonchev–Trinajstić information content (AvgIpc) is 2.44. The molecule has 1 N–H and O–H groups in total. The summed E-state index contributed by atoms with van der Waals surface area (Å²) in [6, 6.07) is 8.13. The summed E-state index contributed by atoms with van der Waals surface area (Å²) in [7, 11) is 3.57. The smallest absolute Gasteiger partial charge is 0.315 e. The van der Waals surface area contributed by atoms with Crippen molar-refractivity contribution < 1.29 is 14.3 Å². The molecule has 0 aliphatic heterocycles. The molecule has 1 atom stereocenters. The maximum atomic E-state index is 11.3. The molecule has 0 heterocycles. The summed E-state index contributed by atoms with van der Waals surface area (Å²) in [5.41, 5.74) is 1.15. The largest absolute Gasteiger partial charge is 0.497 e. The molecule has 106 valence electrons. The van der Waals surface area contributed by atoms with Gasteiger partial charge in [0, 0.05) is 11.8 Å². The summed E-state index contributed by atoms with van der Waals surface area (Å²) in [5, 5.41) is 3.25. The van der Waals surface area contributed by atoms with Gasteiger partial charge in [-0.25, -0.2) is 0 Å². The van der Waals surface area contributed by atoms with Gasteiger partial charge in [-0.1, -0.05) is 12.1 Å². The van der Waals surface area contributed by atoms with Gasteiger partial charge < -0.3 is 14.8 Å². The number of carbonyl (C=O) groups is 1. The van der Waals surface area contributed by atoms with Crippen LogP contribution in [0.5, 0.6) is 5.75 Å². The molecule has 0 aliphatic rings. The number of hydrogen-bond donors (Lipinski definition) is 1. The molecule has 0 amide bonds. The zero-order valence-electron chi connectivity index (χ0n) is 11.6. The lowest BCUT2D eigenvalue weighted by molar-refractivity contribution is -0.139. The molecule has 1 rings (SSSR count). The zero-order chi connectivity index (χ0) is 14.1. The maximum Gasteiger partial charge on any atom is 0.315 e. The minimum absolute atomic E-state index is 0.159. The van der Waals surface area contributed by atoms with Gasteiger partial charge >= 0.3 is 5.97 Å². The first-order valence-corrected chi connectivity index (χ1v) is 7.41. The molecule has 0 fully saturated rings. The fourth-order valence-electron chi connectivity index (χ4n) is 1.67. The van der Waals surface area contributed by atoms with Gasteiger partial charge in [0.15, 0.2) is 0 Å². The van der Waals surface area contributed by atoms with Gasteiger partial charge in [0.2, 0.25) is 0 Å². The van der Waals surface area contributed by atoms with E-state index in [9.17, 15) is 4.79 Å². The Hall–Kier alpha value is -1.20. The van der Waals surface area contributed by atoms with Crippen LogP contribution in [-0.2, 0) is 9.53 Å². The lowest BCUT2D eigenvalue weighted by Gasteiger charge is -2.16. The second kappa shape index (κ2) is 8.82. The molecule has 0 aromatic heterocycles. The number of nitrogens with one attached hydrogen (secondary N) is 1. The average molecular weight is 283 g/mol. The molecule has 5 heteroatoms. The minimum Gasteiger partial charge on any atom is -0.497 e. The monoisotopic (exact) mass is 283 g/mol. The number of benzene rings is 1. The van der Waals surface area contributed by atoms with Crippen LogP contribution in [-0.4, -0.2) is 38.2 Å². The molecule has 0 bridgehead atoms. The highest BCUT2D eigenvalue weighted by Crippen LogP contribution is 2.22. The third-order valence-corrected chi connectivity index (χ3v) is 3.66. The summed E-state index contributed by atoms with van der Waals surface area (Å²) in [4.78, 5) is 11.3. The van der Waals surface area contributed by atoms with Crippen LogP contribution in [0.25, 0.3) is 0 Å². The SMILES string of the molecule is CCOC(=O)CSCC(NC)c1cccc(OC)c1. The number of ether oxygens (including phenoxy) is 2. The number of methoxy groups -OCH3 is 1. The fraction of sp³-hybridized carbons (Fsp3) is 0.500. The maximum absolute atomic E-state index is 11.3. The van der Waals surface area contributed by atoms with Crippen molar-refractivity contribution in [2.24, 2.45) is 0 Å². The Balaban J connectivity index is 2.50.